The Bertz CT molecular complexity index is 609. The van der Waals surface area contributed by atoms with Gasteiger partial charge in [0.15, 0.2) is 0 Å². The van der Waals surface area contributed by atoms with Gasteiger partial charge >= 0.3 is 0 Å². The summed E-state index contributed by atoms with van der Waals surface area (Å²) in [5, 5.41) is 10.1. The minimum atomic E-state index is 0.411. The van der Waals surface area contributed by atoms with Gasteiger partial charge in [-0.15, -0.1) is 0 Å². The van der Waals surface area contributed by atoms with E-state index in [2.05, 4.69) is 39.0 Å². The number of aryl methyl sites for hydroxylation is 4. The first-order valence-electron chi connectivity index (χ1n) is 6.29. The van der Waals surface area contributed by atoms with Gasteiger partial charge in [0.25, 0.3) is 0 Å². The van der Waals surface area contributed by atoms with Gasteiger partial charge in [-0.1, -0.05) is 24.3 Å². The van der Waals surface area contributed by atoms with Crippen LogP contribution < -0.4 is 0 Å². The number of phenols is 1. The zero-order valence-corrected chi connectivity index (χ0v) is 11.8. The van der Waals surface area contributed by atoms with E-state index in [4.69, 9.17) is 0 Å². The second kappa shape index (κ2) is 4.49. The molecule has 0 bridgehead atoms. The molecule has 0 aliphatic carbocycles. The second-order valence-electron chi connectivity index (χ2n) is 5.16. The molecule has 2 aromatic rings. The van der Waals surface area contributed by atoms with E-state index in [-0.39, 0.29) is 0 Å². The molecule has 2 aromatic carbocycles. The zero-order chi connectivity index (χ0) is 13.4. The fraction of sp³-hybridized carbons (Fsp3) is 0.294. The van der Waals surface area contributed by atoms with Gasteiger partial charge in [-0.3, -0.25) is 0 Å². The van der Waals surface area contributed by atoms with Gasteiger partial charge in [0, 0.05) is 0 Å². The first-order valence-corrected chi connectivity index (χ1v) is 6.29. The van der Waals surface area contributed by atoms with Crippen LogP contribution in [0.2, 0.25) is 0 Å². The first kappa shape index (κ1) is 12.7. The lowest BCUT2D eigenvalue weighted by Gasteiger charge is -2.15. The minimum Gasteiger partial charge on any atom is -0.507 e. The number of rotatable bonds is 1. The summed E-state index contributed by atoms with van der Waals surface area (Å²) in [5.74, 6) is 0.411. The summed E-state index contributed by atoms with van der Waals surface area (Å²) < 4.78 is 0. The van der Waals surface area contributed by atoms with E-state index >= 15 is 0 Å². The molecule has 0 amide bonds. The summed E-state index contributed by atoms with van der Waals surface area (Å²) in [4.78, 5) is 0. The lowest BCUT2D eigenvalue weighted by molar-refractivity contribution is 0.467. The molecule has 0 aliphatic rings. The van der Waals surface area contributed by atoms with Gasteiger partial charge in [0.1, 0.15) is 5.75 Å². The van der Waals surface area contributed by atoms with Gasteiger partial charge in [0.2, 0.25) is 0 Å². The van der Waals surface area contributed by atoms with Crippen LogP contribution in [0.1, 0.15) is 27.8 Å². The maximum atomic E-state index is 10.1. The van der Waals surface area contributed by atoms with Crippen molar-refractivity contribution < 1.29 is 5.11 Å². The second-order valence-corrected chi connectivity index (χ2v) is 5.16. The largest absolute Gasteiger partial charge is 0.507 e. The minimum absolute atomic E-state index is 0.411. The van der Waals surface area contributed by atoms with Gasteiger partial charge in [-0.05, 0) is 73.6 Å². The van der Waals surface area contributed by atoms with Crippen molar-refractivity contribution >= 4 is 0 Å². The molecular weight excluding hydrogens is 220 g/mol. The predicted molar refractivity (Wildman–Crippen MR) is 77.2 cm³/mol. The molecule has 1 heteroatoms. The number of hydrogen-bond donors (Lipinski definition) is 1. The molecule has 1 N–H and O–H groups in total. The molecule has 0 saturated carbocycles. The van der Waals surface area contributed by atoms with Crippen LogP contribution in [0, 0.1) is 34.6 Å². The fourth-order valence-electron chi connectivity index (χ4n) is 2.52. The average Bonchev–Trinajstić information content (AvgIpc) is 2.31. The number of benzene rings is 2. The van der Waals surface area contributed by atoms with E-state index in [0.717, 1.165) is 16.7 Å². The summed E-state index contributed by atoms with van der Waals surface area (Å²) in [6, 6.07) is 8.51. The Labute approximate surface area is 109 Å². The Kier molecular flexibility index (Phi) is 3.16. The highest BCUT2D eigenvalue weighted by molar-refractivity contribution is 5.75. The molecule has 0 saturated heterocycles. The number of hydrogen-bond acceptors (Lipinski definition) is 1. The molecule has 0 radical (unpaired) electrons. The molecule has 0 heterocycles. The predicted octanol–water partition coefficient (Wildman–Crippen LogP) is 4.60. The molecule has 0 aliphatic heterocycles. The molecule has 0 aromatic heterocycles. The molecule has 18 heavy (non-hydrogen) atoms. The van der Waals surface area contributed by atoms with E-state index in [1.165, 1.54) is 22.3 Å². The third-order valence-electron chi connectivity index (χ3n) is 3.73. The summed E-state index contributed by atoms with van der Waals surface area (Å²) in [6.07, 6.45) is 0. The fourth-order valence-corrected chi connectivity index (χ4v) is 2.52. The Morgan fingerprint density at radius 1 is 0.722 bits per heavy atom. The van der Waals surface area contributed by atoms with E-state index < -0.39 is 0 Å². The highest BCUT2D eigenvalue weighted by Crippen LogP contribution is 2.35. The van der Waals surface area contributed by atoms with Crippen molar-refractivity contribution in [2.75, 3.05) is 0 Å². The summed E-state index contributed by atoms with van der Waals surface area (Å²) in [7, 11) is 0. The third-order valence-corrected chi connectivity index (χ3v) is 3.73. The van der Waals surface area contributed by atoms with Crippen LogP contribution in [0.5, 0.6) is 5.75 Å². The quantitative estimate of drug-likeness (QED) is 0.772. The topological polar surface area (TPSA) is 20.2 Å². The van der Waals surface area contributed by atoms with Gasteiger partial charge in [0.05, 0.1) is 0 Å². The van der Waals surface area contributed by atoms with Crippen LogP contribution in [0.3, 0.4) is 0 Å². The van der Waals surface area contributed by atoms with Crippen molar-refractivity contribution in [3.63, 3.8) is 0 Å². The third kappa shape index (κ3) is 2.01. The zero-order valence-electron chi connectivity index (χ0n) is 11.8. The first-order chi connectivity index (χ1) is 8.41. The lowest BCUT2D eigenvalue weighted by Crippen LogP contribution is -1.93. The summed E-state index contributed by atoms with van der Waals surface area (Å²) in [5.41, 5.74) is 8.04. The van der Waals surface area contributed by atoms with E-state index in [9.17, 15) is 5.11 Å². The molecule has 0 atom stereocenters. The van der Waals surface area contributed by atoms with E-state index in [1.54, 1.807) is 0 Å². The van der Waals surface area contributed by atoms with Gasteiger partial charge < -0.3 is 5.11 Å². The number of aromatic hydroxyl groups is 1. The van der Waals surface area contributed by atoms with Gasteiger partial charge in [-0.25, -0.2) is 0 Å². The van der Waals surface area contributed by atoms with Gasteiger partial charge in [-0.2, -0.15) is 0 Å². The molecular formula is C17H20O. The molecule has 2 rings (SSSR count). The molecule has 94 valence electrons. The molecule has 0 fully saturated rings. The lowest BCUT2D eigenvalue weighted by atomic mass is 9.91. The van der Waals surface area contributed by atoms with Crippen molar-refractivity contribution in [1.29, 1.82) is 0 Å². The average molecular weight is 240 g/mol. The Morgan fingerprint density at radius 3 is 2.00 bits per heavy atom. The highest BCUT2D eigenvalue weighted by atomic mass is 16.3. The SMILES string of the molecule is Cc1ccc(-c2c(C)cc(C)c(O)c2C)cc1C. The normalized spacial score (nSPS) is 10.7. The Morgan fingerprint density at radius 2 is 1.39 bits per heavy atom. The van der Waals surface area contributed by atoms with E-state index in [0.29, 0.717) is 5.75 Å². The molecule has 0 spiro atoms. The maximum absolute atomic E-state index is 10.1. The Hall–Kier alpha value is -1.76. The Balaban J connectivity index is 2.71. The van der Waals surface area contributed by atoms with Crippen LogP contribution in [0.25, 0.3) is 11.1 Å². The standard InChI is InChI=1S/C17H20O/c1-10-6-7-15(9-11(10)2)16-12(3)8-13(4)17(18)14(16)5/h6-9,18H,1-5H3. The van der Waals surface area contributed by atoms with Crippen molar-refractivity contribution in [2.24, 2.45) is 0 Å². The smallest absolute Gasteiger partial charge is 0.122 e. The molecule has 0 unspecified atom stereocenters. The van der Waals surface area contributed by atoms with Crippen LogP contribution in [0.4, 0.5) is 0 Å². The molecule has 1 nitrogen and oxygen atoms in total. The van der Waals surface area contributed by atoms with Crippen LogP contribution in [-0.4, -0.2) is 5.11 Å². The summed E-state index contributed by atoms with van der Waals surface area (Å²) >= 11 is 0. The van der Waals surface area contributed by atoms with Crippen LogP contribution >= 0.6 is 0 Å². The monoisotopic (exact) mass is 240 g/mol. The van der Waals surface area contributed by atoms with Crippen molar-refractivity contribution in [3.8, 4) is 16.9 Å². The maximum Gasteiger partial charge on any atom is 0.122 e. The summed E-state index contributed by atoms with van der Waals surface area (Å²) in [6.45, 7) is 10.3. The van der Waals surface area contributed by atoms with Crippen LogP contribution in [-0.2, 0) is 0 Å². The van der Waals surface area contributed by atoms with E-state index in [1.807, 2.05) is 19.9 Å². The number of phenolic OH excluding ortho intramolecular Hbond substituents is 1. The van der Waals surface area contributed by atoms with Crippen molar-refractivity contribution in [1.82, 2.24) is 0 Å². The van der Waals surface area contributed by atoms with Crippen LogP contribution in [0.15, 0.2) is 24.3 Å². The highest BCUT2D eigenvalue weighted by Gasteiger charge is 2.12. The van der Waals surface area contributed by atoms with Crippen molar-refractivity contribution in [3.05, 3.63) is 52.1 Å². The van der Waals surface area contributed by atoms with Crippen molar-refractivity contribution in [2.45, 2.75) is 34.6 Å².